The first-order valence-electron chi connectivity index (χ1n) is 6.00. The third kappa shape index (κ3) is 2.61. The van der Waals surface area contributed by atoms with Crippen LogP contribution in [0.4, 0.5) is 4.79 Å². The number of nitrogens with two attached hydrogens (primary N) is 1. The van der Waals surface area contributed by atoms with Crippen molar-refractivity contribution in [3.63, 3.8) is 0 Å². The fraction of sp³-hybridized carbons (Fsp3) is 0.909. The van der Waals surface area contributed by atoms with E-state index in [0.29, 0.717) is 17.8 Å². The molecular formula is C11H22ClN3O. The van der Waals surface area contributed by atoms with Gasteiger partial charge in [0.05, 0.1) is 0 Å². The maximum Gasteiger partial charge on any atom is 0.317 e. The number of nitrogens with one attached hydrogen (secondary N) is 1. The standard InChI is InChI=1S/C11H21N3O.ClH/c1-2-3-4-13-11(15)14-6-9-8(5-12)10(9)7-14;/h8-10H,2-7,12H2,1H3,(H,13,15);1H/t8?,9-,10+;. The Kier molecular flexibility index (Phi) is 4.87. The summed E-state index contributed by atoms with van der Waals surface area (Å²) in [5.41, 5.74) is 5.62. The highest BCUT2D eigenvalue weighted by Crippen LogP contribution is 2.50. The molecule has 16 heavy (non-hydrogen) atoms. The number of fused-ring (bicyclic) bond motifs is 1. The second-order valence-electron chi connectivity index (χ2n) is 4.72. The van der Waals surface area contributed by atoms with Gasteiger partial charge >= 0.3 is 6.03 Å². The molecule has 1 aliphatic carbocycles. The number of piperidine rings is 1. The maximum absolute atomic E-state index is 11.7. The van der Waals surface area contributed by atoms with Gasteiger partial charge in [0.15, 0.2) is 0 Å². The van der Waals surface area contributed by atoms with Gasteiger partial charge in [-0.25, -0.2) is 4.79 Å². The van der Waals surface area contributed by atoms with Gasteiger partial charge in [-0.15, -0.1) is 12.4 Å². The van der Waals surface area contributed by atoms with Gasteiger partial charge in [-0.2, -0.15) is 0 Å². The smallest absolute Gasteiger partial charge is 0.317 e. The normalized spacial score (nSPS) is 30.6. The Hall–Kier alpha value is -0.480. The lowest BCUT2D eigenvalue weighted by Crippen LogP contribution is -2.40. The summed E-state index contributed by atoms with van der Waals surface area (Å²) in [5.74, 6) is 2.10. The van der Waals surface area contributed by atoms with Gasteiger partial charge in [0.1, 0.15) is 0 Å². The minimum absolute atomic E-state index is 0. The highest BCUT2D eigenvalue weighted by Gasteiger charge is 2.55. The molecule has 3 N–H and O–H groups in total. The molecule has 3 atom stereocenters. The molecule has 0 aromatic rings. The number of carbonyl (C=O) groups is 1. The van der Waals surface area contributed by atoms with Gasteiger partial charge < -0.3 is 16.0 Å². The van der Waals surface area contributed by atoms with E-state index in [2.05, 4.69) is 12.2 Å². The minimum atomic E-state index is 0. The average molecular weight is 248 g/mol. The summed E-state index contributed by atoms with van der Waals surface area (Å²) in [4.78, 5) is 13.6. The largest absolute Gasteiger partial charge is 0.338 e. The summed E-state index contributed by atoms with van der Waals surface area (Å²) >= 11 is 0. The molecule has 1 unspecified atom stereocenters. The summed E-state index contributed by atoms with van der Waals surface area (Å²) < 4.78 is 0. The maximum atomic E-state index is 11.7. The average Bonchev–Trinajstić information content (AvgIpc) is 2.70. The molecule has 0 aromatic carbocycles. The van der Waals surface area contributed by atoms with Crippen molar-refractivity contribution < 1.29 is 4.79 Å². The molecule has 2 aliphatic rings. The summed E-state index contributed by atoms with van der Waals surface area (Å²) in [6.45, 7) is 5.57. The van der Waals surface area contributed by atoms with Gasteiger partial charge in [-0.1, -0.05) is 13.3 Å². The van der Waals surface area contributed by atoms with Crippen LogP contribution in [0.15, 0.2) is 0 Å². The zero-order chi connectivity index (χ0) is 10.8. The lowest BCUT2D eigenvalue weighted by atomic mass is 10.3. The third-order valence-electron chi connectivity index (χ3n) is 3.74. The fourth-order valence-corrected chi connectivity index (χ4v) is 2.65. The summed E-state index contributed by atoms with van der Waals surface area (Å²) in [7, 11) is 0. The lowest BCUT2D eigenvalue weighted by molar-refractivity contribution is 0.201. The molecule has 4 nitrogen and oxygen atoms in total. The van der Waals surface area contributed by atoms with Gasteiger partial charge in [0.25, 0.3) is 0 Å². The molecule has 0 radical (unpaired) electrons. The first-order chi connectivity index (χ1) is 7.27. The van der Waals surface area contributed by atoms with E-state index in [4.69, 9.17) is 5.73 Å². The number of halogens is 1. The molecule has 2 rings (SSSR count). The topological polar surface area (TPSA) is 58.4 Å². The molecule has 0 bridgehead atoms. The van der Waals surface area contributed by atoms with Gasteiger partial charge in [-0.05, 0) is 30.7 Å². The van der Waals surface area contributed by atoms with Crippen LogP contribution < -0.4 is 11.1 Å². The van der Waals surface area contributed by atoms with Crippen molar-refractivity contribution in [3.8, 4) is 0 Å². The van der Waals surface area contributed by atoms with Crippen molar-refractivity contribution in [1.29, 1.82) is 0 Å². The Balaban J connectivity index is 0.00000128. The number of likely N-dealkylation sites (tertiary alicyclic amines) is 1. The Morgan fingerprint density at radius 2 is 2.06 bits per heavy atom. The van der Waals surface area contributed by atoms with Gasteiger partial charge in [-0.3, -0.25) is 0 Å². The van der Waals surface area contributed by atoms with E-state index >= 15 is 0 Å². The number of unbranched alkanes of at least 4 members (excludes halogenated alkanes) is 1. The van der Waals surface area contributed by atoms with Crippen molar-refractivity contribution in [2.24, 2.45) is 23.5 Å². The number of nitrogens with zero attached hydrogens (tertiary/aromatic N) is 1. The van der Waals surface area contributed by atoms with Crippen LogP contribution in [-0.4, -0.2) is 37.1 Å². The first kappa shape index (κ1) is 13.6. The van der Waals surface area contributed by atoms with Crippen molar-refractivity contribution in [2.45, 2.75) is 19.8 Å². The quantitative estimate of drug-likeness (QED) is 0.730. The van der Waals surface area contributed by atoms with Crippen molar-refractivity contribution >= 4 is 18.4 Å². The fourth-order valence-electron chi connectivity index (χ4n) is 2.65. The van der Waals surface area contributed by atoms with Crippen LogP contribution in [0.1, 0.15) is 19.8 Å². The molecule has 1 saturated carbocycles. The van der Waals surface area contributed by atoms with Crippen LogP contribution in [0.2, 0.25) is 0 Å². The van der Waals surface area contributed by atoms with E-state index in [1.807, 2.05) is 4.90 Å². The molecule has 5 heteroatoms. The predicted octanol–water partition coefficient (Wildman–Crippen LogP) is 1.05. The van der Waals surface area contributed by atoms with E-state index in [9.17, 15) is 4.79 Å². The van der Waals surface area contributed by atoms with Crippen LogP contribution in [-0.2, 0) is 0 Å². The van der Waals surface area contributed by atoms with Crippen LogP contribution >= 0.6 is 12.4 Å². The minimum Gasteiger partial charge on any atom is -0.338 e. The van der Waals surface area contributed by atoms with Crippen LogP contribution in [0.5, 0.6) is 0 Å². The van der Waals surface area contributed by atoms with Crippen LogP contribution in [0.25, 0.3) is 0 Å². The number of urea groups is 1. The molecule has 0 aromatic heterocycles. The van der Waals surface area contributed by atoms with Gasteiger partial charge in [0, 0.05) is 19.6 Å². The molecule has 1 saturated heterocycles. The van der Waals surface area contributed by atoms with E-state index in [1.54, 1.807) is 0 Å². The molecule has 1 heterocycles. The third-order valence-corrected chi connectivity index (χ3v) is 3.74. The molecule has 1 aliphatic heterocycles. The molecule has 2 amide bonds. The Morgan fingerprint density at radius 3 is 2.56 bits per heavy atom. The highest BCUT2D eigenvalue weighted by molar-refractivity contribution is 5.85. The van der Waals surface area contributed by atoms with Crippen molar-refractivity contribution in [1.82, 2.24) is 10.2 Å². The van der Waals surface area contributed by atoms with Crippen molar-refractivity contribution in [2.75, 3.05) is 26.2 Å². The SMILES string of the molecule is CCCCNC(=O)N1C[C@@H]2C(CN)[C@@H]2C1.Cl. The summed E-state index contributed by atoms with van der Waals surface area (Å²) in [6.07, 6.45) is 2.19. The molecule has 0 spiro atoms. The zero-order valence-electron chi connectivity index (χ0n) is 9.82. The van der Waals surface area contributed by atoms with Crippen LogP contribution in [0.3, 0.4) is 0 Å². The molecule has 2 fully saturated rings. The molecular weight excluding hydrogens is 226 g/mol. The van der Waals surface area contributed by atoms with Crippen LogP contribution in [0, 0.1) is 17.8 Å². The van der Waals surface area contributed by atoms with E-state index < -0.39 is 0 Å². The Bertz CT molecular complexity index is 237. The van der Waals surface area contributed by atoms with Crippen molar-refractivity contribution in [3.05, 3.63) is 0 Å². The number of carbonyl (C=O) groups excluding carboxylic acids is 1. The van der Waals surface area contributed by atoms with E-state index in [1.165, 1.54) is 0 Å². The highest BCUT2D eigenvalue weighted by atomic mass is 35.5. The number of hydrogen-bond donors (Lipinski definition) is 2. The zero-order valence-corrected chi connectivity index (χ0v) is 10.6. The second kappa shape index (κ2) is 5.73. The summed E-state index contributed by atoms with van der Waals surface area (Å²) in [6, 6.07) is 0.117. The van der Waals surface area contributed by atoms with Gasteiger partial charge in [0.2, 0.25) is 0 Å². The number of amides is 2. The Labute approximate surface area is 103 Å². The van der Waals surface area contributed by atoms with E-state index in [-0.39, 0.29) is 18.4 Å². The first-order valence-corrected chi connectivity index (χ1v) is 6.00. The van der Waals surface area contributed by atoms with E-state index in [0.717, 1.165) is 39.0 Å². The summed E-state index contributed by atoms with van der Waals surface area (Å²) in [5, 5.41) is 2.96. The predicted molar refractivity (Wildman–Crippen MR) is 66.7 cm³/mol. The lowest BCUT2D eigenvalue weighted by Gasteiger charge is -2.20. The number of hydrogen-bond acceptors (Lipinski definition) is 2. The second-order valence-corrected chi connectivity index (χ2v) is 4.72. The molecule has 94 valence electrons. The monoisotopic (exact) mass is 247 g/mol. The Morgan fingerprint density at radius 1 is 1.44 bits per heavy atom. The number of rotatable bonds is 4.